The minimum atomic E-state index is -0.303. The van der Waals surface area contributed by atoms with Gasteiger partial charge in [-0.2, -0.15) is 0 Å². The van der Waals surface area contributed by atoms with Crippen molar-refractivity contribution in [3.05, 3.63) is 23.0 Å². The van der Waals surface area contributed by atoms with Crippen molar-refractivity contribution in [2.75, 3.05) is 7.11 Å². The second-order valence-electron chi connectivity index (χ2n) is 3.26. The van der Waals surface area contributed by atoms with E-state index in [1.165, 1.54) is 18.4 Å². The van der Waals surface area contributed by atoms with Gasteiger partial charge in [-0.25, -0.2) is 9.78 Å². The summed E-state index contributed by atoms with van der Waals surface area (Å²) in [5, 5.41) is 0. The maximum absolute atomic E-state index is 11.2. The third-order valence-corrected chi connectivity index (χ3v) is 3.08. The SMILES string of the molecule is CCCc1cn2cc(C(=O)OC)sc2n1. The summed E-state index contributed by atoms with van der Waals surface area (Å²) in [6, 6.07) is 0. The molecule has 0 saturated heterocycles. The van der Waals surface area contributed by atoms with E-state index in [0.29, 0.717) is 4.88 Å². The molecule has 0 aromatic carbocycles. The van der Waals surface area contributed by atoms with Gasteiger partial charge < -0.3 is 4.74 Å². The normalized spacial score (nSPS) is 10.8. The van der Waals surface area contributed by atoms with E-state index in [2.05, 4.69) is 16.6 Å². The lowest BCUT2D eigenvalue weighted by Gasteiger charge is -1.91. The van der Waals surface area contributed by atoms with Crippen molar-refractivity contribution >= 4 is 22.3 Å². The standard InChI is InChI=1S/C10H12N2O2S/c1-3-4-7-5-12-6-8(9(13)14-2)15-10(12)11-7/h5-6H,3-4H2,1-2H3. The second kappa shape index (κ2) is 4.02. The third kappa shape index (κ3) is 1.87. The van der Waals surface area contributed by atoms with E-state index in [-0.39, 0.29) is 5.97 Å². The first kappa shape index (κ1) is 10.2. The lowest BCUT2D eigenvalue weighted by molar-refractivity contribution is 0.0606. The molecular formula is C10H12N2O2S. The van der Waals surface area contributed by atoms with Gasteiger partial charge in [0.25, 0.3) is 0 Å². The van der Waals surface area contributed by atoms with Crippen LogP contribution < -0.4 is 0 Å². The average molecular weight is 224 g/mol. The Morgan fingerprint density at radius 3 is 3.00 bits per heavy atom. The number of carbonyl (C=O) groups is 1. The summed E-state index contributed by atoms with van der Waals surface area (Å²) in [6.45, 7) is 2.12. The Kier molecular flexibility index (Phi) is 2.73. The van der Waals surface area contributed by atoms with Crippen molar-refractivity contribution in [1.82, 2.24) is 9.38 Å². The Labute approximate surface area is 91.5 Å². The zero-order valence-electron chi connectivity index (χ0n) is 8.69. The molecule has 2 heterocycles. The van der Waals surface area contributed by atoms with Gasteiger partial charge in [0.1, 0.15) is 4.88 Å². The van der Waals surface area contributed by atoms with Gasteiger partial charge in [0, 0.05) is 12.4 Å². The number of methoxy groups -OCH3 is 1. The lowest BCUT2D eigenvalue weighted by atomic mass is 10.3. The van der Waals surface area contributed by atoms with Crippen LogP contribution in [-0.4, -0.2) is 22.5 Å². The molecule has 0 spiro atoms. The molecule has 2 aromatic rings. The van der Waals surface area contributed by atoms with Crippen LogP contribution in [0.4, 0.5) is 0 Å². The van der Waals surface area contributed by atoms with Gasteiger partial charge in [0.15, 0.2) is 4.96 Å². The molecule has 15 heavy (non-hydrogen) atoms. The topological polar surface area (TPSA) is 43.6 Å². The smallest absolute Gasteiger partial charge is 0.349 e. The van der Waals surface area contributed by atoms with E-state index in [1.807, 2.05) is 10.6 Å². The summed E-state index contributed by atoms with van der Waals surface area (Å²) in [6.07, 6.45) is 5.77. The van der Waals surface area contributed by atoms with Crippen LogP contribution >= 0.6 is 11.3 Å². The monoisotopic (exact) mass is 224 g/mol. The quantitative estimate of drug-likeness (QED) is 0.750. The lowest BCUT2D eigenvalue weighted by Crippen LogP contribution is -1.97. The molecule has 0 atom stereocenters. The summed E-state index contributed by atoms with van der Waals surface area (Å²) in [4.78, 5) is 17.1. The molecule has 0 aliphatic heterocycles. The zero-order valence-corrected chi connectivity index (χ0v) is 9.50. The molecule has 5 heteroatoms. The van der Waals surface area contributed by atoms with Crippen molar-refractivity contribution in [1.29, 1.82) is 0 Å². The van der Waals surface area contributed by atoms with Crippen LogP contribution in [0.3, 0.4) is 0 Å². The number of fused-ring (bicyclic) bond motifs is 1. The van der Waals surface area contributed by atoms with Crippen LogP contribution in [0.1, 0.15) is 28.7 Å². The fourth-order valence-electron chi connectivity index (χ4n) is 1.42. The van der Waals surface area contributed by atoms with Crippen LogP contribution in [0.25, 0.3) is 4.96 Å². The first-order chi connectivity index (χ1) is 7.24. The van der Waals surface area contributed by atoms with Crippen LogP contribution in [0.2, 0.25) is 0 Å². The van der Waals surface area contributed by atoms with Crippen molar-refractivity contribution in [3.8, 4) is 0 Å². The van der Waals surface area contributed by atoms with Gasteiger partial charge in [0.05, 0.1) is 12.8 Å². The molecule has 0 N–H and O–H groups in total. The molecule has 0 aliphatic carbocycles. The largest absolute Gasteiger partial charge is 0.465 e. The van der Waals surface area contributed by atoms with Gasteiger partial charge in [-0.05, 0) is 6.42 Å². The fraction of sp³-hybridized carbons (Fsp3) is 0.400. The van der Waals surface area contributed by atoms with Gasteiger partial charge >= 0.3 is 5.97 Å². The first-order valence-electron chi connectivity index (χ1n) is 4.80. The number of aromatic nitrogens is 2. The van der Waals surface area contributed by atoms with E-state index in [4.69, 9.17) is 0 Å². The molecule has 0 radical (unpaired) electrons. The van der Waals surface area contributed by atoms with Crippen LogP contribution in [0, 0.1) is 0 Å². The Morgan fingerprint density at radius 2 is 2.40 bits per heavy atom. The Morgan fingerprint density at radius 1 is 1.60 bits per heavy atom. The van der Waals surface area contributed by atoms with Crippen LogP contribution in [-0.2, 0) is 11.2 Å². The highest BCUT2D eigenvalue weighted by atomic mass is 32.1. The first-order valence-corrected chi connectivity index (χ1v) is 5.62. The van der Waals surface area contributed by atoms with Crippen molar-refractivity contribution in [2.45, 2.75) is 19.8 Å². The van der Waals surface area contributed by atoms with Gasteiger partial charge in [-0.3, -0.25) is 4.40 Å². The molecule has 0 bridgehead atoms. The minimum Gasteiger partial charge on any atom is -0.465 e. The fourth-order valence-corrected chi connectivity index (χ4v) is 2.32. The van der Waals surface area contributed by atoms with E-state index < -0.39 is 0 Å². The number of hydrogen-bond donors (Lipinski definition) is 0. The maximum Gasteiger partial charge on any atom is 0.349 e. The number of aryl methyl sites for hydroxylation is 1. The Hall–Kier alpha value is -1.36. The summed E-state index contributed by atoms with van der Waals surface area (Å²) >= 11 is 1.35. The average Bonchev–Trinajstić information content (AvgIpc) is 2.74. The summed E-state index contributed by atoms with van der Waals surface area (Å²) in [5.74, 6) is -0.303. The number of hydrogen-bond acceptors (Lipinski definition) is 4. The third-order valence-electron chi connectivity index (χ3n) is 2.10. The van der Waals surface area contributed by atoms with E-state index in [9.17, 15) is 4.79 Å². The molecule has 2 aromatic heterocycles. The summed E-state index contributed by atoms with van der Waals surface area (Å²) in [5.41, 5.74) is 1.07. The molecule has 0 unspecified atom stereocenters. The maximum atomic E-state index is 11.2. The number of rotatable bonds is 3. The van der Waals surface area contributed by atoms with Crippen molar-refractivity contribution in [3.63, 3.8) is 0 Å². The summed E-state index contributed by atoms with van der Waals surface area (Å²) in [7, 11) is 1.38. The molecule has 2 rings (SSSR count). The molecular weight excluding hydrogens is 212 g/mol. The number of nitrogens with zero attached hydrogens (tertiary/aromatic N) is 2. The number of ether oxygens (including phenoxy) is 1. The van der Waals surface area contributed by atoms with E-state index in [1.54, 1.807) is 6.20 Å². The number of carbonyl (C=O) groups excluding carboxylic acids is 1. The Bertz CT molecular complexity index is 455. The summed E-state index contributed by atoms with van der Waals surface area (Å²) < 4.78 is 6.52. The van der Waals surface area contributed by atoms with Crippen LogP contribution in [0.5, 0.6) is 0 Å². The van der Waals surface area contributed by atoms with Gasteiger partial charge in [-0.15, -0.1) is 0 Å². The highest BCUT2D eigenvalue weighted by molar-refractivity contribution is 7.18. The molecule has 0 saturated carbocycles. The molecule has 80 valence electrons. The van der Waals surface area contributed by atoms with Crippen LogP contribution in [0.15, 0.2) is 12.4 Å². The molecule has 0 aliphatic rings. The minimum absolute atomic E-state index is 0.303. The molecule has 0 fully saturated rings. The second-order valence-corrected chi connectivity index (χ2v) is 4.27. The highest BCUT2D eigenvalue weighted by Gasteiger charge is 2.12. The van der Waals surface area contributed by atoms with Crippen molar-refractivity contribution in [2.24, 2.45) is 0 Å². The zero-order chi connectivity index (χ0) is 10.8. The number of thiazole rings is 1. The number of imidazole rings is 1. The number of esters is 1. The molecule has 4 nitrogen and oxygen atoms in total. The van der Waals surface area contributed by atoms with Crippen molar-refractivity contribution < 1.29 is 9.53 Å². The van der Waals surface area contributed by atoms with E-state index >= 15 is 0 Å². The molecule has 0 amide bonds. The predicted molar refractivity (Wildman–Crippen MR) is 58.4 cm³/mol. The van der Waals surface area contributed by atoms with Gasteiger partial charge in [0.2, 0.25) is 0 Å². The predicted octanol–water partition coefficient (Wildman–Crippen LogP) is 2.13. The highest BCUT2D eigenvalue weighted by Crippen LogP contribution is 2.19. The van der Waals surface area contributed by atoms with E-state index in [0.717, 1.165) is 23.5 Å². The van der Waals surface area contributed by atoms with Gasteiger partial charge in [-0.1, -0.05) is 24.7 Å². The Balaban J connectivity index is 2.34.